The molecule has 0 bridgehead atoms. The Morgan fingerprint density at radius 3 is 1.95 bits per heavy atom. The maximum Gasteiger partial charge on any atom is 0.333 e. The number of esters is 1. The number of hydrogen-bond acceptors (Lipinski definition) is 3. The van der Waals surface area contributed by atoms with E-state index in [1.807, 2.05) is 0 Å². The summed E-state index contributed by atoms with van der Waals surface area (Å²) in [4.78, 5) is 11.6. The lowest BCUT2D eigenvalue weighted by Crippen LogP contribution is -2.46. The molecule has 0 aromatic heterocycles. The summed E-state index contributed by atoms with van der Waals surface area (Å²) in [5.41, 5.74) is 6.76. The smallest absolute Gasteiger partial charge is 0.333 e. The van der Waals surface area contributed by atoms with Crippen LogP contribution in [0.25, 0.3) is 0 Å². The molecule has 130 valence electrons. The maximum atomic E-state index is 11.6. The fraction of sp³-hybridized carbons (Fsp3) is 0.833. The lowest BCUT2D eigenvalue weighted by molar-refractivity contribution is -0.142. The summed E-state index contributed by atoms with van der Waals surface area (Å²) in [5, 5.41) is 0. The summed E-state index contributed by atoms with van der Waals surface area (Å²) in [5.74, 6) is -0.315. The van der Waals surface area contributed by atoms with Gasteiger partial charge in [0.2, 0.25) is 0 Å². The number of rotatable bonds is 10. The van der Waals surface area contributed by atoms with Crippen LogP contribution in [0.5, 0.6) is 0 Å². The molecule has 0 saturated carbocycles. The van der Waals surface area contributed by atoms with Crippen LogP contribution in [0.2, 0.25) is 0 Å². The second-order valence-corrected chi connectivity index (χ2v) is 12.7. The Bertz CT molecular complexity index is 376. The van der Waals surface area contributed by atoms with Crippen LogP contribution >= 0.6 is 7.26 Å². The van der Waals surface area contributed by atoms with Gasteiger partial charge in [0.15, 0.2) is 0 Å². The summed E-state index contributed by atoms with van der Waals surface area (Å²) in [6.07, 6.45) is 5.75. The molecule has 0 aliphatic rings. The molecule has 0 aromatic rings. The molecule has 0 heterocycles. The molecule has 0 fully saturated rings. The fourth-order valence-corrected chi connectivity index (χ4v) is 7.01. The van der Waals surface area contributed by atoms with E-state index in [2.05, 4.69) is 48.1 Å². The number of ether oxygens (including phenoxy) is 1. The molecule has 0 radical (unpaired) electrons. The van der Waals surface area contributed by atoms with E-state index in [0.29, 0.717) is 12.2 Å². The minimum Gasteiger partial charge on any atom is -0.462 e. The van der Waals surface area contributed by atoms with Crippen molar-refractivity contribution < 1.29 is 9.53 Å². The van der Waals surface area contributed by atoms with Gasteiger partial charge in [-0.15, -0.1) is 0 Å². The zero-order chi connectivity index (χ0) is 17.6. The second kappa shape index (κ2) is 8.45. The molecule has 1 unspecified atom stereocenters. The van der Waals surface area contributed by atoms with E-state index in [1.54, 1.807) is 6.92 Å². The molecule has 22 heavy (non-hydrogen) atoms. The molecule has 0 aliphatic carbocycles. The van der Waals surface area contributed by atoms with Gasteiger partial charge in [-0.3, -0.25) is 0 Å². The van der Waals surface area contributed by atoms with E-state index < -0.39 is 7.26 Å². The van der Waals surface area contributed by atoms with Crippen molar-refractivity contribution in [1.82, 2.24) is 0 Å². The largest absolute Gasteiger partial charge is 0.462 e. The highest BCUT2D eigenvalue weighted by molar-refractivity contribution is 7.75. The van der Waals surface area contributed by atoms with Crippen LogP contribution in [0, 0.1) is 5.41 Å². The molecule has 0 spiro atoms. The van der Waals surface area contributed by atoms with Gasteiger partial charge in [-0.25, -0.2) is 4.79 Å². The van der Waals surface area contributed by atoms with Crippen molar-refractivity contribution in [3.05, 3.63) is 12.2 Å². The topological polar surface area (TPSA) is 52.3 Å². The molecular formula is C18H37NO2P+. The molecule has 4 heteroatoms. The second-order valence-electron chi connectivity index (χ2n) is 7.80. The zero-order valence-corrected chi connectivity index (χ0v) is 16.7. The first kappa shape index (κ1) is 21.6. The van der Waals surface area contributed by atoms with Crippen LogP contribution in [-0.4, -0.2) is 42.8 Å². The van der Waals surface area contributed by atoms with Crippen LogP contribution in [0.1, 0.15) is 54.9 Å². The van der Waals surface area contributed by atoms with E-state index in [1.165, 1.54) is 18.5 Å². The van der Waals surface area contributed by atoms with E-state index in [9.17, 15) is 4.79 Å². The van der Waals surface area contributed by atoms with Gasteiger partial charge in [-0.1, -0.05) is 20.4 Å². The zero-order valence-electron chi connectivity index (χ0n) is 15.8. The molecule has 0 rings (SSSR count). The van der Waals surface area contributed by atoms with Gasteiger partial charge in [0.1, 0.15) is 0 Å². The highest BCUT2D eigenvalue weighted by atomic mass is 31.2. The molecule has 3 nitrogen and oxygen atoms in total. The lowest BCUT2D eigenvalue weighted by atomic mass is 9.81. The van der Waals surface area contributed by atoms with Crippen LogP contribution in [0.3, 0.4) is 0 Å². The molecule has 2 N–H and O–H groups in total. The van der Waals surface area contributed by atoms with E-state index in [0.717, 1.165) is 12.6 Å². The van der Waals surface area contributed by atoms with Crippen LogP contribution in [0.15, 0.2) is 12.2 Å². The fourth-order valence-electron chi connectivity index (χ4n) is 3.36. The summed E-state index contributed by atoms with van der Waals surface area (Å²) >= 11 is 0. The summed E-state index contributed by atoms with van der Waals surface area (Å²) in [6.45, 7) is 19.0. The Balaban J connectivity index is 4.79. The minimum absolute atomic E-state index is 0.126. The summed E-state index contributed by atoms with van der Waals surface area (Å²) < 4.78 is 5.34. The van der Waals surface area contributed by atoms with Crippen molar-refractivity contribution in [3.8, 4) is 0 Å². The Labute approximate surface area is 138 Å². The van der Waals surface area contributed by atoms with Crippen molar-refractivity contribution >= 4 is 13.2 Å². The molecule has 0 amide bonds. The van der Waals surface area contributed by atoms with Gasteiger partial charge in [0, 0.05) is 23.8 Å². The Morgan fingerprint density at radius 2 is 1.59 bits per heavy atom. The maximum absolute atomic E-state index is 11.6. The Morgan fingerprint density at radius 1 is 1.14 bits per heavy atom. The molecule has 0 aliphatic heterocycles. The molecule has 1 atom stereocenters. The first-order chi connectivity index (χ1) is 9.92. The standard InChI is InChI=1S/C18H37NO2P/c1-9-22(10-2,11-3)14-18(8,19)12-17(6,7)13-21-16(20)15(4)5/h4,9-14,19H2,1-3,5-8H3/q+1. The van der Waals surface area contributed by atoms with Gasteiger partial charge in [-0.2, -0.15) is 0 Å². The predicted molar refractivity (Wildman–Crippen MR) is 100 cm³/mol. The first-order valence-electron chi connectivity index (χ1n) is 8.39. The third-order valence-corrected chi connectivity index (χ3v) is 9.95. The highest BCUT2D eigenvalue weighted by Gasteiger charge is 2.41. The van der Waals surface area contributed by atoms with Crippen LogP contribution < -0.4 is 5.73 Å². The van der Waals surface area contributed by atoms with Gasteiger partial charge in [0.05, 0.1) is 31.3 Å². The minimum atomic E-state index is -0.947. The van der Waals surface area contributed by atoms with Crippen LogP contribution in [0.4, 0.5) is 0 Å². The number of carbonyl (C=O) groups is 1. The van der Waals surface area contributed by atoms with Crippen molar-refractivity contribution in [2.75, 3.05) is 31.3 Å². The number of carbonyl (C=O) groups excluding carboxylic acids is 1. The van der Waals surface area contributed by atoms with Crippen molar-refractivity contribution in [3.63, 3.8) is 0 Å². The van der Waals surface area contributed by atoms with Gasteiger partial charge < -0.3 is 10.5 Å². The van der Waals surface area contributed by atoms with Crippen molar-refractivity contribution in [2.45, 2.75) is 60.4 Å². The van der Waals surface area contributed by atoms with E-state index in [4.69, 9.17) is 10.5 Å². The molecule has 0 aromatic carbocycles. The molecular weight excluding hydrogens is 293 g/mol. The van der Waals surface area contributed by atoms with Gasteiger partial charge in [-0.05, 0) is 41.0 Å². The van der Waals surface area contributed by atoms with Crippen molar-refractivity contribution in [2.24, 2.45) is 11.1 Å². The monoisotopic (exact) mass is 330 g/mol. The highest BCUT2D eigenvalue weighted by Crippen LogP contribution is 2.59. The van der Waals surface area contributed by atoms with Gasteiger partial charge >= 0.3 is 5.97 Å². The summed E-state index contributed by atoms with van der Waals surface area (Å²) in [6, 6.07) is 0. The number of nitrogens with two attached hydrogens (primary N) is 1. The van der Waals surface area contributed by atoms with Crippen molar-refractivity contribution in [1.29, 1.82) is 0 Å². The third-order valence-electron chi connectivity index (χ3n) is 4.53. The lowest BCUT2D eigenvalue weighted by Gasteiger charge is -2.38. The predicted octanol–water partition coefficient (Wildman–Crippen LogP) is 4.32. The average molecular weight is 330 g/mol. The SMILES string of the molecule is C=C(C)C(=O)OCC(C)(C)CC(C)(N)C[P+](CC)(CC)CC. The Kier molecular flexibility index (Phi) is 8.30. The first-order valence-corrected chi connectivity index (χ1v) is 10.9. The average Bonchev–Trinajstić information content (AvgIpc) is 2.41. The quantitative estimate of drug-likeness (QED) is 0.369. The van der Waals surface area contributed by atoms with E-state index >= 15 is 0 Å². The molecule has 0 saturated heterocycles. The van der Waals surface area contributed by atoms with E-state index in [-0.39, 0.29) is 16.9 Å². The van der Waals surface area contributed by atoms with Gasteiger partial charge in [0.25, 0.3) is 0 Å². The summed E-state index contributed by atoms with van der Waals surface area (Å²) in [7, 11) is -0.947. The van der Waals surface area contributed by atoms with Crippen LogP contribution in [-0.2, 0) is 9.53 Å². The number of hydrogen-bond donors (Lipinski definition) is 1. The third kappa shape index (κ3) is 7.24. The normalized spacial score (nSPS) is 15.3. The Hall–Kier alpha value is -0.400.